The molecule has 0 bridgehead atoms. The highest BCUT2D eigenvalue weighted by Crippen LogP contribution is 2.33. The minimum Gasteiger partial charge on any atom is -0.493 e. The lowest BCUT2D eigenvalue weighted by molar-refractivity contribution is 0.142. The summed E-state index contributed by atoms with van der Waals surface area (Å²) in [5, 5.41) is 4.20. The van der Waals surface area contributed by atoms with Crippen molar-refractivity contribution in [2.24, 2.45) is 11.7 Å². The van der Waals surface area contributed by atoms with E-state index in [0.29, 0.717) is 23.5 Å². The van der Waals surface area contributed by atoms with Crippen LogP contribution in [-0.4, -0.2) is 27.2 Å². The van der Waals surface area contributed by atoms with Crippen LogP contribution in [-0.2, 0) is 0 Å². The maximum absolute atomic E-state index is 13.6. The largest absolute Gasteiger partial charge is 0.493 e. The Balaban J connectivity index is 1.89. The number of nitrogens with two attached hydrogens (primary N) is 1. The van der Waals surface area contributed by atoms with Gasteiger partial charge in [0.2, 0.25) is 0 Å². The molecule has 0 aliphatic carbocycles. The number of hydrogen-bond acceptors (Lipinski definition) is 4. The molecule has 0 amide bonds. The van der Waals surface area contributed by atoms with Crippen LogP contribution in [0.2, 0.25) is 0 Å². The summed E-state index contributed by atoms with van der Waals surface area (Å²) in [5.74, 6) is 0.384. The summed E-state index contributed by atoms with van der Waals surface area (Å²) in [4.78, 5) is 4.19. The van der Waals surface area contributed by atoms with E-state index in [0.717, 1.165) is 6.42 Å². The molecule has 0 saturated heterocycles. The minimum absolute atomic E-state index is 0.0497. The zero-order valence-corrected chi connectivity index (χ0v) is 14.8. The number of rotatable bonds is 7. The van der Waals surface area contributed by atoms with Crippen molar-refractivity contribution in [3.05, 3.63) is 48.3 Å². The van der Waals surface area contributed by atoms with Gasteiger partial charge in [0.05, 0.1) is 24.1 Å². The van der Waals surface area contributed by atoms with E-state index in [-0.39, 0.29) is 23.3 Å². The van der Waals surface area contributed by atoms with Gasteiger partial charge in [-0.15, -0.1) is 0 Å². The number of halogens is 2. The van der Waals surface area contributed by atoms with Gasteiger partial charge in [-0.25, -0.2) is 18.3 Å². The fraction of sp³-hybridized carbons (Fsp3) is 0.368. The Labute approximate surface area is 150 Å². The number of benzene rings is 1. The summed E-state index contributed by atoms with van der Waals surface area (Å²) in [6.45, 7) is 4.26. The van der Waals surface area contributed by atoms with Crippen molar-refractivity contribution in [3.8, 4) is 17.0 Å². The summed E-state index contributed by atoms with van der Waals surface area (Å²) in [6.07, 6.45) is 1.39. The molecule has 2 unspecified atom stereocenters. The lowest BCUT2D eigenvalue weighted by atomic mass is 10.0. The molecule has 26 heavy (non-hydrogen) atoms. The van der Waals surface area contributed by atoms with Gasteiger partial charge in [0.25, 0.3) is 6.43 Å². The quantitative estimate of drug-likeness (QED) is 0.689. The third-order valence-corrected chi connectivity index (χ3v) is 4.13. The van der Waals surface area contributed by atoms with Crippen molar-refractivity contribution in [2.45, 2.75) is 32.7 Å². The summed E-state index contributed by atoms with van der Waals surface area (Å²) in [7, 11) is 0. The van der Waals surface area contributed by atoms with Gasteiger partial charge >= 0.3 is 0 Å². The maximum Gasteiger partial charge on any atom is 0.267 e. The zero-order valence-electron chi connectivity index (χ0n) is 14.8. The molecule has 7 heteroatoms. The van der Waals surface area contributed by atoms with Crippen LogP contribution in [0.25, 0.3) is 16.9 Å². The number of aromatic nitrogens is 3. The van der Waals surface area contributed by atoms with Gasteiger partial charge in [-0.3, -0.25) is 0 Å². The molecule has 138 valence electrons. The van der Waals surface area contributed by atoms with E-state index in [4.69, 9.17) is 10.5 Å². The van der Waals surface area contributed by atoms with Crippen LogP contribution in [0.3, 0.4) is 0 Å². The standard InChI is InChI=1S/C19H22F2N4O/c1-12(9-13(2)22)11-26-17-4-3-14(10-15(17)19(20)21)16-5-7-23-18-6-8-24-25(16)18/h3-8,10,12-13,19H,9,11,22H2,1-2H3. The number of ether oxygens (including phenoxy) is 1. The van der Waals surface area contributed by atoms with Crippen LogP contribution in [0.5, 0.6) is 5.75 Å². The van der Waals surface area contributed by atoms with Crippen molar-refractivity contribution in [1.82, 2.24) is 14.6 Å². The minimum atomic E-state index is -2.64. The third kappa shape index (κ3) is 3.99. The monoisotopic (exact) mass is 360 g/mol. The SMILES string of the molecule is CC(N)CC(C)COc1ccc(-c2ccnc3ccnn23)cc1C(F)F. The van der Waals surface area contributed by atoms with Crippen molar-refractivity contribution < 1.29 is 13.5 Å². The second kappa shape index (κ2) is 7.78. The number of alkyl halides is 2. The molecule has 0 saturated carbocycles. The van der Waals surface area contributed by atoms with Gasteiger partial charge < -0.3 is 10.5 Å². The highest BCUT2D eigenvalue weighted by molar-refractivity contribution is 5.64. The van der Waals surface area contributed by atoms with Gasteiger partial charge in [0, 0.05) is 23.9 Å². The smallest absolute Gasteiger partial charge is 0.267 e. The van der Waals surface area contributed by atoms with Crippen LogP contribution in [0.15, 0.2) is 42.7 Å². The Morgan fingerprint density at radius 3 is 2.69 bits per heavy atom. The zero-order chi connectivity index (χ0) is 18.7. The summed E-state index contributed by atoms with van der Waals surface area (Å²) >= 11 is 0. The first-order valence-electron chi connectivity index (χ1n) is 8.55. The van der Waals surface area contributed by atoms with E-state index in [2.05, 4.69) is 10.1 Å². The first-order valence-corrected chi connectivity index (χ1v) is 8.55. The van der Waals surface area contributed by atoms with E-state index in [1.807, 2.05) is 13.8 Å². The maximum atomic E-state index is 13.6. The molecule has 2 heterocycles. The third-order valence-electron chi connectivity index (χ3n) is 4.13. The van der Waals surface area contributed by atoms with Gasteiger partial charge in [-0.05, 0) is 43.5 Å². The Bertz CT molecular complexity index is 879. The van der Waals surface area contributed by atoms with E-state index in [1.54, 1.807) is 41.2 Å². The van der Waals surface area contributed by atoms with Crippen LogP contribution in [0.4, 0.5) is 8.78 Å². The first-order chi connectivity index (χ1) is 12.5. The van der Waals surface area contributed by atoms with Crippen molar-refractivity contribution >= 4 is 5.65 Å². The average Bonchev–Trinajstić information content (AvgIpc) is 3.08. The van der Waals surface area contributed by atoms with E-state index < -0.39 is 6.43 Å². The van der Waals surface area contributed by atoms with E-state index in [9.17, 15) is 8.78 Å². The topological polar surface area (TPSA) is 65.4 Å². The van der Waals surface area contributed by atoms with E-state index >= 15 is 0 Å². The number of fused-ring (bicyclic) bond motifs is 1. The predicted octanol–water partition coefficient (Wildman–Crippen LogP) is 4.09. The van der Waals surface area contributed by atoms with Crippen LogP contribution in [0, 0.1) is 5.92 Å². The second-order valence-electron chi connectivity index (χ2n) is 6.61. The molecule has 0 aliphatic rings. The Kier molecular flexibility index (Phi) is 5.46. The molecule has 2 aromatic heterocycles. The molecule has 5 nitrogen and oxygen atoms in total. The van der Waals surface area contributed by atoms with Gasteiger partial charge in [0.15, 0.2) is 5.65 Å². The summed E-state index contributed by atoms with van der Waals surface area (Å²) in [6, 6.07) is 8.35. The molecule has 1 aromatic carbocycles. The molecular weight excluding hydrogens is 338 g/mol. The average molecular weight is 360 g/mol. The molecule has 0 aliphatic heterocycles. The molecule has 2 atom stereocenters. The fourth-order valence-electron chi connectivity index (χ4n) is 3.00. The van der Waals surface area contributed by atoms with Gasteiger partial charge in [0.1, 0.15) is 5.75 Å². The molecule has 3 aromatic rings. The van der Waals surface area contributed by atoms with Crippen LogP contribution in [0.1, 0.15) is 32.3 Å². The second-order valence-corrected chi connectivity index (χ2v) is 6.61. The molecule has 0 fully saturated rings. The lowest BCUT2D eigenvalue weighted by Crippen LogP contribution is -2.21. The van der Waals surface area contributed by atoms with E-state index in [1.165, 1.54) is 6.07 Å². The van der Waals surface area contributed by atoms with Gasteiger partial charge in [-0.2, -0.15) is 5.10 Å². The van der Waals surface area contributed by atoms with Crippen molar-refractivity contribution in [3.63, 3.8) is 0 Å². The van der Waals surface area contributed by atoms with Crippen LogP contribution < -0.4 is 10.5 Å². The Hall–Kier alpha value is -2.54. The highest BCUT2D eigenvalue weighted by Gasteiger charge is 2.18. The van der Waals surface area contributed by atoms with Crippen molar-refractivity contribution in [2.75, 3.05) is 6.61 Å². The predicted molar refractivity (Wildman–Crippen MR) is 96.3 cm³/mol. The fourth-order valence-corrected chi connectivity index (χ4v) is 3.00. The first kappa shape index (κ1) is 18.3. The molecule has 0 spiro atoms. The highest BCUT2D eigenvalue weighted by atomic mass is 19.3. The summed E-state index contributed by atoms with van der Waals surface area (Å²) in [5.41, 5.74) is 7.62. The number of nitrogens with zero attached hydrogens (tertiary/aromatic N) is 3. The van der Waals surface area contributed by atoms with Gasteiger partial charge in [-0.1, -0.05) is 6.92 Å². The molecule has 3 rings (SSSR count). The normalized spacial score (nSPS) is 13.9. The Morgan fingerprint density at radius 1 is 1.15 bits per heavy atom. The molecule has 0 radical (unpaired) electrons. The number of hydrogen-bond donors (Lipinski definition) is 1. The molecule has 2 N–H and O–H groups in total. The Morgan fingerprint density at radius 2 is 1.96 bits per heavy atom. The van der Waals surface area contributed by atoms with Crippen molar-refractivity contribution in [1.29, 1.82) is 0 Å². The lowest BCUT2D eigenvalue weighted by Gasteiger charge is -2.17. The summed E-state index contributed by atoms with van der Waals surface area (Å²) < 4.78 is 34.4. The van der Waals surface area contributed by atoms with Crippen LogP contribution >= 0.6 is 0 Å². The molecular formula is C19H22F2N4O.